The van der Waals surface area contributed by atoms with Crippen LogP contribution in [0.25, 0.3) is 0 Å². The van der Waals surface area contributed by atoms with Gasteiger partial charge in [0.1, 0.15) is 5.75 Å². The van der Waals surface area contributed by atoms with Crippen LogP contribution in [-0.4, -0.2) is 33.5 Å². The number of nitrogens with one attached hydrogen (secondary N) is 2. The number of carbonyl (C=O) groups is 1. The monoisotopic (exact) mass is 377 g/mol. The smallest absolute Gasteiger partial charge is 0.265 e. The lowest BCUT2D eigenvalue weighted by atomic mass is 10.2. The quantitative estimate of drug-likeness (QED) is 0.648. The lowest BCUT2D eigenvalue weighted by Gasteiger charge is -2.15. The fourth-order valence-electron chi connectivity index (χ4n) is 2.14. The van der Waals surface area contributed by atoms with Crippen LogP contribution in [0.3, 0.4) is 0 Å². The Kier molecular flexibility index (Phi) is 6.73. The second-order valence-electron chi connectivity index (χ2n) is 5.78. The molecule has 2 aromatic carbocycles. The minimum absolute atomic E-state index is 0.0517. The van der Waals surface area contributed by atoms with Crippen molar-refractivity contribution in [2.24, 2.45) is 5.73 Å². The Morgan fingerprint density at radius 1 is 1.19 bits per heavy atom. The third-order valence-electron chi connectivity index (χ3n) is 3.55. The summed E-state index contributed by atoms with van der Waals surface area (Å²) in [6.45, 7) is 3.92. The van der Waals surface area contributed by atoms with Crippen molar-refractivity contribution >= 4 is 21.6 Å². The van der Waals surface area contributed by atoms with Gasteiger partial charge >= 0.3 is 0 Å². The Morgan fingerprint density at radius 3 is 2.54 bits per heavy atom. The lowest BCUT2D eigenvalue weighted by Crippen LogP contribution is -2.31. The third-order valence-corrected chi connectivity index (χ3v) is 5.01. The van der Waals surface area contributed by atoms with Gasteiger partial charge in [0.2, 0.25) is 10.0 Å². The zero-order valence-electron chi connectivity index (χ0n) is 14.7. The topological polar surface area (TPSA) is 111 Å². The van der Waals surface area contributed by atoms with Crippen LogP contribution in [0.4, 0.5) is 5.69 Å². The van der Waals surface area contributed by atoms with Crippen molar-refractivity contribution in [3.05, 3.63) is 54.1 Å². The summed E-state index contributed by atoms with van der Waals surface area (Å²) in [5.41, 5.74) is 6.78. The van der Waals surface area contributed by atoms with Crippen molar-refractivity contribution in [1.29, 1.82) is 0 Å². The average Bonchev–Trinajstić information content (AvgIpc) is 2.62. The van der Waals surface area contributed by atoms with E-state index in [9.17, 15) is 13.2 Å². The van der Waals surface area contributed by atoms with E-state index in [0.717, 1.165) is 5.56 Å². The zero-order valence-corrected chi connectivity index (χ0v) is 15.5. The summed E-state index contributed by atoms with van der Waals surface area (Å²) in [6.07, 6.45) is -0.742. The van der Waals surface area contributed by atoms with Gasteiger partial charge in [-0.15, -0.1) is 0 Å². The molecule has 0 saturated heterocycles. The largest absolute Gasteiger partial charge is 0.481 e. The Bertz CT molecular complexity index is 851. The minimum atomic E-state index is -3.67. The number of hydrogen-bond acceptors (Lipinski definition) is 5. The second-order valence-corrected chi connectivity index (χ2v) is 7.54. The van der Waals surface area contributed by atoms with E-state index in [0.29, 0.717) is 11.4 Å². The number of sulfonamides is 1. The molecule has 2 aromatic rings. The van der Waals surface area contributed by atoms with E-state index in [4.69, 9.17) is 10.5 Å². The molecule has 7 nitrogen and oxygen atoms in total. The fraction of sp³-hybridized carbons (Fsp3) is 0.278. The van der Waals surface area contributed by atoms with Crippen LogP contribution in [-0.2, 0) is 14.8 Å². The Balaban J connectivity index is 2.04. The van der Waals surface area contributed by atoms with Gasteiger partial charge in [-0.2, -0.15) is 0 Å². The molecule has 0 fully saturated rings. The molecule has 1 atom stereocenters. The first kappa shape index (κ1) is 19.9. The van der Waals surface area contributed by atoms with Crippen LogP contribution < -0.4 is 20.5 Å². The average molecular weight is 377 g/mol. The van der Waals surface area contributed by atoms with Crippen molar-refractivity contribution in [2.75, 3.05) is 18.4 Å². The lowest BCUT2D eigenvalue weighted by molar-refractivity contribution is -0.122. The highest BCUT2D eigenvalue weighted by molar-refractivity contribution is 7.89. The van der Waals surface area contributed by atoms with Gasteiger partial charge in [0.05, 0.1) is 4.90 Å². The van der Waals surface area contributed by atoms with Gasteiger partial charge in [-0.25, -0.2) is 13.1 Å². The molecule has 0 saturated carbocycles. The summed E-state index contributed by atoms with van der Waals surface area (Å²) in [4.78, 5) is 12.4. The van der Waals surface area contributed by atoms with Gasteiger partial charge in [-0.05, 0) is 44.2 Å². The number of amides is 1. The molecule has 26 heavy (non-hydrogen) atoms. The summed E-state index contributed by atoms with van der Waals surface area (Å²) in [7, 11) is -3.67. The highest BCUT2D eigenvalue weighted by atomic mass is 32.2. The maximum absolute atomic E-state index is 12.3. The van der Waals surface area contributed by atoms with Gasteiger partial charge in [-0.1, -0.05) is 23.8 Å². The molecule has 0 aliphatic heterocycles. The molecule has 1 unspecified atom stereocenters. The molecule has 0 aliphatic carbocycles. The molecule has 2 rings (SSSR count). The molecular formula is C18H23N3O4S. The molecule has 4 N–H and O–H groups in total. The Hall–Kier alpha value is -2.42. The van der Waals surface area contributed by atoms with E-state index >= 15 is 0 Å². The normalized spacial score (nSPS) is 12.4. The van der Waals surface area contributed by atoms with Crippen molar-refractivity contribution < 1.29 is 17.9 Å². The number of rotatable bonds is 8. The van der Waals surface area contributed by atoms with Gasteiger partial charge in [-0.3, -0.25) is 4.79 Å². The molecule has 0 bridgehead atoms. The van der Waals surface area contributed by atoms with Gasteiger partial charge in [0.15, 0.2) is 6.10 Å². The molecule has 0 aromatic heterocycles. The Labute approximate surface area is 153 Å². The predicted octanol–water partition coefficient (Wildman–Crippen LogP) is 1.64. The number of nitrogens with two attached hydrogens (primary N) is 1. The molecule has 0 heterocycles. The van der Waals surface area contributed by atoms with Crippen molar-refractivity contribution in [3.63, 3.8) is 0 Å². The summed E-state index contributed by atoms with van der Waals surface area (Å²) in [5, 5.41) is 2.66. The Morgan fingerprint density at radius 2 is 1.88 bits per heavy atom. The number of benzene rings is 2. The number of hydrogen-bond donors (Lipinski definition) is 3. The molecule has 1 amide bonds. The first-order valence-corrected chi connectivity index (χ1v) is 9.64. The first-order valence-electron chi connectivity index (χ1n) is 8.16. The van der Waals surface area contributed by atoms with Crippen LogP contribution in [0.15, 0.2) is 53.4 Å². The second kappa shape index (κ2) is 8.79. The van der Waals surface area contributed by atoms with Crippen LogP contribution >= 0.6 is 0 Å². The zero-order chi connectivity index (χ0) is 19.2. The minimum Gasteiger partial charge on any atom is -0.481 e. The van der Waals surface area contributed by atoms with Crippen molar-refractivity contribution in [1.82, 2.24) is 4.72 Å². The van der Waals surface area contributed by atoms with Crippen molar-refractivity contribution in [2.45, 2.75) is 24.8 Å². The maximum atomic E-state index is 12.3. The molecule has 0 aliphatic rings. The molecule has 0 spiro atoms. The standard InChI is InChI=1S/C18H23N3O4S/c1-13-6-8-16(9-7-13)25-14(2)18(22)21-15-4-3-5-17(12-15)26(23,24)20-11-10-19/h3-9,12,14,20H,10-11,19H2,1-2H3,(H,21,22). The molecule has 140 valence electrons. The molecule has 8 heteroatoms. The van der Waals surface area contributed by atoms with Gasteiger partial charge in [0.25, 0.3) is 5.91 Å². The fourth-order valence-corrected chi connectivity index (χ4v) is 3.23. The highest BCUT2D eigenvalue weighted by Gasteiger charge is 2.17. The van der Waals surface area contributed by atoms with E-state index in [2.05, 4.69) is 10.0 Å². The molecule has 0 radical (unpaired) electrons. The summed E-state index contributed by atoms with van der Waals surface area (Å²) in [6, 6.07) is 13.3. The van der Waals surface area contributed by atoms with E-state index < -0.39 is 16.1 Å². The van der Waals surface area contributed by atoms with Crippen molar-refractivity contribution in [3.8, 4) is 5.75 Å². The number of aryl methyl sites for hydroxylation is 1. The predicted molar refractivity (Wildman–Crippen MR) is 101 cm³/mol. The summed E-state index contributed by atoms with van der Waals surface area (Å²) < 4.78 is 32.2. The third kappa shape index (κ3) is 5.55. The number of anilines is 1. The van der Waals surface area contributed by atoms with Gasteiger partial charge < -0.3 is 15.8 Å². The number of carbonyl (C=O) groups excluding carboxylic acids is 1. The summed E-state index contributed by atoms with van der Waals surface area (Å²) >= 11 is 0. The van der Waals surface area contributed by atoms with E-state index in [1.54, 1.807) is 31.2 Å². The van der Waals surface area contributed by atoms with Gasteiger partial charge in [0, 0.05) is 18.8 Å². The maximum Gasteiger partial charge on any atom is 0.265 e. The molecular weight excluding hydrogens is 354 g/mol. The highest BCUT2D eigenvalue weighted by Crippen LogP contribution is 2.17. The van der Waals surface area contributed by atoms with Crippen LogP contribution in [0, 0.1) is 6.92 Å². The SMILES string of the molecule is Cc1ccc(OC(C)C(=O)Nc2cccc(S(=O)(=O)NCCN)c2)cc1. The van der Waals surface area contributed by atoms with E-state index in [1.165, 1.54) is 12.1 Å². The van der Waals surface area contributed by atoms with E-state index in [1.807, 2.05) is 19.1 Å². The summed E-state index contributed by atoms with van der Waals surface area (Å²) in [5.74, 6) is 0.204. The van der Waals surface area contributed by atoms with Crippen LogP contribution in [0.2, 0.25) is 0 Å². The van der Waals surface area contributed by atoms with Crippen LogP contribution in [0.5, 0.6) is 5.75 Å². The number of ether oxygens (including phenoxy) is 1. The van der Waals surface area contributed by atoms with E-state index in [-0.39, 0.29) is 23.9 Å². The first-order chi connectivity index (χ1) is 12.3. The van der Waals surface area contributed by atoms with Crippen LogP contribution in [0.1, 0.15) is 12.5 Å².